The van der Waals surface area contributed by atoms with Crippen molar-refractivity contribution in [2.45, 2.75) is 25.1 Å². The van der Waals surface area contributed by atoms with Gasteiger partial charge in [0.15, 0.2) is 0 Å². The van der Waals surface area contributed by atoms with Crippen molar-refractivity contribution in [2.24, 2.45) is 0 Å². The molecular weight excluding hydrogens is 354 g/mol. The van der Waals surface area contributed by atoms with E-state index < -0.39 is 0 Å². The molecule has 6 heteroatoms. The lowest BCUT2D eigenvalue weighted by Gasteiger charge is -2.43. The number of ether oxygens (including phenoxy) is 2. The van der Waals surface area contributed by atoms with Crippen LogP contribution in [0.2, 0.25) is 0 Å². The third kappa shape index (κ3) is 3.87. The Balaban J connectivity index is 1.48. The number of pyridine rings is 1. The van der Waals surface area contributed by atoms with Crippen LogP contribution < -0.4 is 4.90 Å². The molecule has 0 radical (unpaired) electrons. The first-order valence-corrected chi connectivity index (χ1v) is 9.53. The molecule has 0 saturated carbocycles. The summed E-state index contributed by atoms with van der Waals surface area (Å²) >= 11 is 0. The Morgan fingerprint density at radius 1 is 1.21 bits per heavy atom. The number of carbonyl (C=O) groups is 1. The average molecular weight is 379 g/mol. The maximum absolute atomic E-state index is 12.7. The third-order valence-corrected chi connectivity index (χ3v) is 5.19. The van der Waals surface area contributed by atoms with Gasteiger partial charge in [0.2, 0.25) is 0 Å². The maximum Gasteiger partial charge on any atom is 0.411 e. The lowest BCUT2D eigenvalue weighted by Crippen LogP contribution is -2.56. The Bertz CT molecular complexity index is 849. The Kier molecular flexibility index (Phi) is 5.30. The number of amides is 1. The van der Waals surface area contributed by atoms with E-state index in [0.29, 0.717) is 13.2 Å². The predicted octanol–water partition coefficient (Wildman–Crippen LogP) is 3.34. The number of fused-ring (bicyclic) bond motifs is 2. The molecule has 0 aliphatic carbocycles. The van der Waals surface area contributed by atoms with Gasteiger partial charge in [0.25, 0.3) is 0 Å². The minimum absolute atomic E-state index is 0.0180. The van der Waals surface area contributed by atoms with Crippen LogP contribution in [0.1, 0.15) is 17.5 Å². The third-order valence-electron chi connectivity index (χ3n) is 5.19. The fourth-order valence-electron chi connectivity index (χ4n) is 3.73. The summed E-state index contributed by atoms with van der Waals surface area (Å²) in [6, 6.07) is 13.7. The van der Waals surface area contributed by atoms with Gasteiger partial charge in [-0.3, -0.25) is 4.90 Å². The van der Waals surface area contributed by atoms with Crippen LogP contribution in [0.3, 0.4) is 0 Å². The summed E-state index contributed by atoms with van der Waals surface area (Å²) in [5.74, 6) is 0.926. The quantitative estimate of drug-likeness (QED) is 0.816. The largest absolute Gasteiger partial charge is 0.445 e. The van der Waals surface area contributed by atoms with E-state index in [2.05, 4.69) is 17.1 Å². The van der Waals surface area contributed by atoms with Gasteiger partial charge in [-0.05, 0) is 35.3 Å². The standard InChI is InChI=1S/C22H25N3O3/c1-24(2)21-9-8-17(12-23-21)18-10-19-14-27-15-20(11-18)25(19)22(26)28-13-16-6-4-3-5-7-16/h3-10,12,19-20H,11,13-15H2,1-2H3. The van der Waals surface area contributed by atoms with Crippen molar-refractivity contribution >= 4 is 17.5 Å². The van der Waals surface area contributed by atoms with Crippen molar-refractivity contribution in [1.82, 2.24) is 9.88 Å². The van der Waals surface area contributed by atoms with E-state index in [1.807, 2.05) is 66.5 Å². The summed E-state index contributed by atoms with van der Waals surface area (Å²) in [4.78, 5) is 21.1. The molecule has 0 N–H and O–H groups in total. The molecule has 6 nitrogen and oxygen atoms in total. The topological polar surface area (TPSA) is 54.9 Å². The van der Waals surface area contributed by atoms with Gasteiger partial charge < -0.3 is 14.4 Å². The van der Waals surface area contributed by atoms with E-state index in [9.17, 15) is 4.79 Å². The van der Waals surface area contributed by atoms with Crippen molar-refractivity contribution in [3.63, 3.8) is 0 Å². The van der Waals surface area contributed by atoms with Crippen LogP contribution in [0.4, 0.5) is 10.6 Å². The van der Waals surface area contributed by atoms with Crippen LogP contribution in [0.5, 0.6) is 0 Å². The van der Waals surface area contributed by atoms with Gasteiger partial charge in [-0.25, -0.2) is 9.78 Å². The van der Waals surface area contributed by atoms with E-state index in [4.69, 9.17) is 9.47 Å². The SMILES string of the molecule is CN(C)c1ccc(C2=CC3COCC(C2)N3C(=O)OCc2ccccc2)cn1. The zero-order valence-electron chi connectivity index (χ0n) is 16.2. The number of rotatable bonds is 4. The molecule has 1 aromatic heterocycles. The maximum atomic E-state index is 12.7. The zero-order valence-corrected chi connectivity index (χ0v) is 16.2. The van der Waals surface area contributed by atoms with Gasteiger partial charge in [0.05, 0.1) is 25.3 Å². The molecule has 2 bridgehead atoms. The molecule has 3 heterocycles. The van der Waals surface area contributed by atoms with E-state index in [1.54, 1.807) is 0 Å². The zero-order chi connectivity index (χ0) is 19.5. The minimum atomic E-state index is -0.279. The number of benzene rings is 1. The van der Waals surface area contributed by atoms with E-state index in [-0.39, 0.29) is 24.8 Å². The Labute approximate surface area is 165 Å². The highest BCUT2D eigenvalue weighted by Crippen LogP contribution is 2.33. The molecule has 2 aliphatic rings. The number of morpholine rings is 1. The van der Waals surface area contributed by atoms with Crippen LogP contribution in [-0.4, -0.2) is 55.4 Å². The second-order valence-corrected chi connectivity index (χ2v) is 7.40. The molecule has 2 aromatic rings. The Morgan fingerprint density at radius 2 is 2.04 bits per heavy atom. The number of aromatic nitrogens is 1. The van der Waals surface area contributed by atoms with Crippen LogP contribution in [0.15, 0.2) is 54.7 Å². The summed E-state index contributed by atoms with van der Waals surface area (Å²) in [6.07, 6.45) is 4.48. The van der Waals surface area contributed by atoms with Gasteiger partial charge in [-0.1, -0.05) is 36.4 Å². The van der Waals surface area contributed by atoms with Crippen molar-refractivity contribution in [1.29, 1.82) is 0 Å². The first kappa shape index (κ1) is 18.5. The second kappa shape index (κ2) is 8.02. The molecule has 146 valence electrons. The number of hydrogen-bond donors (Lipinski definition) is 0. The highest BCUT2D eigenvalue weighted by Gasteiger charge is 2.39. The number of anilines is 1. The fourth-order valence-corrected chi connectivity index (χ4v) is 3.73. The molecule has 2 atom stereocenters. The highest BCUT2D eigenvalue weighted by atomic mass is 16.6. The first-order chi connectivity index (χ1) is 13.6. The number of hydrogen-bond acceptors (Lipinski definition) is 5. The number of carbonyl (C=O) groups excluding carboxylic acids is 1. The molecule has 0 spiro atoms. The van der Waals surface area contributed by atoms with Crippen LogP contribution in [0, 0.1) is 0 Å². The van der Waals surface area contributed by atoms with Crippen molar-refractivity contribution < 1.29 is 14.3 Å². The Morgan fingerprint density at radius 3 is 2.71 bits per heavy atom. The van der Waals surface area contributed by atoms with Crippen molar-refractivity contribution in [2.75, 3.05) is 32.2 Å². The summed E-state index contributed by atoms with van der Waals surface area (Å²) in [5.41, 5.74) is 3.29. The summed E-state index contributed by atoms with van der Waals surface area (Å²) in [7, 11) is 3.95. The molecule has 1 amide bonds. The Hall–Kier alpha value is -2.86. The van der Waals surface area contributed by atoms with Crippen molar-refractivity contribution in [3.8, 4) is 0 Å². The second-order valence-electron chi connectivity index (χ2n) is 7.40. The van der Waals surface area contributed by atoms with E-state index in [1.165, 1.54) is 5.57 Å². The van der Waals surface area contributed by atoms with Gasteiger partial charge in [0, 0.05) is 20.3 Å². The van der Waals surface area contributed by atoms with Gasteiger partial charge in [-0.2, -0.15) is 0 Å². The van der Waals surface area contributed by atoms with Gasteiger partial charge >= 0.3 is 6.09 Å². The minimum Gasteiger partial charge on any atom is -0.445 e. The molecule has 28 heavy (non-hydrogen) atoms. The van der Waals surface area contributed by atoms with Crippen LogP contribution in [0.25, 0.3) is 5.57 Å². The van der Waals surface area contributed by atoms with E-state index in [0.717, 1.165) is 23.4 Å². The monoisotopic (exact) mass is 379 g/mol. The highest BCUT2D eigenvalue weighted by molar-refractivity contribution is 5.74. The van der Waals surface area contributed by atoms with Gasteiger partial charge in [0.1, 0.15) is 12.4 Å². The summed E-state index contributed by atoms with van der Waals surface area (Å²) < 4.78 is 11.3. The lowest BCUT2D eigenvalue weighted by molar-refractivity contribution is -0.0342. The summed E-state index contributed by atoms with van der Waals surface area (Å²) in [5, 5.41) is 0. The first-order valence-electron chi connectivity index (χ1n) is 9.53. The normalized spacial score (nSPS) is 21.1. The average Bonchev–Trinajstić information content (AvgIpc) is 2.72. The lowest BCUT2D eigenvalue weighted by atomic mass is 9.91. The number of nitrogens with zero attached hydrogens (tertiary/aromatic N) is 3. The van der Waals surface area contributed by atoms with Crippen LogP contribution >= 0.6 is 0 Å². The molecular formula is C22H25N3O3. The molecule has 1 fully saturated rings. The molecule has 1 saturated heterocycles. The molecule has 2 unspecified atom stereocenters. The van der Waals surface area contributed by atoms with Crippen LogP contribution in [-0.2, 0) is 16.1 Å². The molecule has 1 aromatic carbocycles. The molecule has 2 aliphatic heterocycles. The summed E-state index contributed by atoms with van der Waals surface area (Å²) in [6.45, 7) is 1.30. The smallest absolute Gasteiger partial charge is 0.411 e. The fraction of sp³-hybridized carbons (Fsp3) is 0.364. The molecule has 4 rings (SSSR count). The van der Waals surface area contributed by atoms with Crippen molar-refractivity contribution in [3.05, 3.63) is 65.9 Å². The van der Waals surface area contributed by atoms with E-state index >= 15 is 0 Å². The van der Waals surface area contributed by atoms with Gasteiger partial charge in [-0.15, -0.1) is 0 Å². The predicted molar refractivity (Wildman–Crippen MR) is 108 cm³/mol.